The van der Waals surface area contributed by atoms with E-state index in [-0.39, 0.29) is 11.7 Å². The van der Waals surface area contributed by atoms with Crippen molar-refractivity contribution in [1.82, 2.24) is 4.98 Å². The predicted molar refractivity (Wildman–Crippen MR) is 106 cm³/mol. The average molecular weight is 376 g/mol. The van der Waals surface area contributed by atoms with Crippen LogP contribution < -0.4 is 4.90 Å². The molecule has 1 amide bonds. The number of amidine groups is 1. The molecule has 2 heterocycles. The SMILES string of the molecule is O=C1/C(=C\c2ccncc2)N=C(c2ccccc2Cl)N1c1ccc(O)cc1. The molecule has 0 aliphatic carbocycles. The summed E-state index contributed by atoms with van der Waals surface area (Å²) in [6, 6.07) is 17.2. The first-order chi connectivity index (χ1) is 13.1. The van der Waals surface area contributed by atoms with Crippen molar-refractivity contribution in [3.63, 3.8) is 0 Å². The number of aromatic hydroxyl groups is 1. The summed E-state index contributed by atoms with van der Waals surface area (Å²) in [6.45, 7) is 0. The lowest BCUT2D eigenvalue weighted by atomic mass is 10.1. The Balaban J connectivity index is 1.85. The van der Waals surface area contributed by atoms with E-state index in [1.54, 1.807) is 48.8 Å². The molecule has 0 atom stereocenters. The number of phenols is 1. The molecule has 5 nitrogen and oxygen atoms in total. The highest BCUT2D eigenvalue weighted by molar-refractivity contribution is 6.39. The number of benzene rings is 2. The Labute approximate surface area is 160 Å². The lowest BCUT2D eigenvalue weighted by Crippen LogP contribution is -2.32. The van der Waals surface area contributed by atoms with Crippen LogP contribution in [0.5, 0.6) is 5.75 Å². The Morgan fingerprint density at radius 3 is 2.37 bits per heavy atom. The van der Waals surface area contributed by atoms with Gasteiger partial charge in [-0.1, -0.05) is 23.7 Å². The van der Waals surface area contributed by atoms with E-state index in [1.807, 2.05) is 18.2 Å². The van der Waals surface area contributed by atoms with E-state index in [9.17, 15) is 9.90 Å². The molecule has 1 aliphatic rings. The third-order valence-electron chi connectivity index (χ3n) is 4.09. The maximum atomic E-state index is 13.1. The van der Waals surface area contributed by atoms with Crippen molar-refractivity contribution >= 4 is 35.1 Å². The van der Waals surface area contributed by atoms with Gasteiger partial charge in [-0.2, -0.15) is 0 Å². The molecule has 1 aromatic heterocycles. The second-order valence-corrected chi connectivity index (χ2v) is 6.29. The Morgan fingerprint density at radius 2 is 1.67 bits per heavy atom. The van der Waals surface area contributed by atoms with Gasteiger partial charge in [-0.15, -0.1) is 0 Å². The molecule has 132 valence electrons. The monoisotopic (exact) mass is 375 g/mol. The topological polar surface area (TPSA) is 65.8 Å². The van der Waals surface area contributed by atoms with Gasteiger partial charge in [-0.3, -0.25) is 14.7 Å². The third kappa shape index (κ3) is 3.32. The van der Waals surface area contributed by atoms with Gasteiger partial charge in [0.25, 0.3) is 5.91 Å². The van der Waals surface area contributed by atoms with Crippen LogP contribution in [-0.2, 0) is 4.79 Å². The fourth-order valence-corrected chi connectivity index (χ4v) is 3.02. The van der Waals surface area contributed by atoms with Gasteiger partial charge in [0.05, 0.1) is 10.7 Å². The molecule has 27 heavy (non-hydrogen) atoms. The number of halogens is 1. The first-order valence-electron chi connectivity index (χ1n) is 8.22. The molecule has 0 radical (unpaired) electrons. The summed E-state index contributed by atoms with van der Waals surface area (Å²) in [4.78, 5) is 23.2. The highest BCUT2D eigenvalue weighted by Gasteiger charge is 2.33. The Kier molecular flexibility index (Phi) is 4.44. The first kappa shape index (κ1) is 17.0. The minimum atomic E-state index is -0.271. The van der Waals surface area contributed by atoms with E-state index in [0.717, 1.165) is 5.56 Å². The molecular weight excluding hydrogens is 362 g/mol. The van der Waals surface area contributed by atoms with Crippen LogP contribution in [0.1, 0.15) is 11.1 Å². The lowest BCUT2D eigenvalue weighted by Gasteiger charge is -2.19. The number of pyridine rings is 1. The van der Waals surface area contributed by atoms with E-state index in [1.165, 1.54) is 17.0 Å². The molecule has 6 heteroatoms. The van der Waals surface area contributed by atoms with Crippen molar-refractivity contribution < 1.29 is 9.90 Å². The van der Waals surface area contributed by atoms with Crippen molar-refractivity contribution in [3.05, 3.63) is 94.9 Å². The standard InChI is InChI=1S/C21H14ClN3O2/c22-18-4-2-1-3-17(18)20-24-19(13-14-9-11-23-12-10-14)21(27)25(20)15-5-7-16(26)8-6-15/h1-13,26H/b19-13+. The third-order valence-corrected chi connectivity index (χ3v) is 4.42. The minimum absolute atomic E-state index is 0.120. The predicted octanol–water partition coefficient (Wildman–Crippen LogP) is 4.28. The van der Waals surface area contributed by atoms with Crippen molar-refractivity contribution in [1.29, 1.82) is 0 Å². The number of hydrogen-bond acceptors (Lipinski definition) is 4. The summed E-state index contributed by atoms with van der Waals surface area (Å²) in [5.41, 5.74) is 2.36. The Bertz CT molecular complexity index is 1060. The van der Waals surface area contributed by atoms with Gasteiger partial charge in [0.1, 0.15) is 17.3 Å². The number of aliphatic imine (C=N–C) groups is 1. The molecular formula is C21H14ClN3O2. The molecule has 0 saturated heterocycles. The van der Waals surface area contributed by atoms with Crippen LogP contribution in [0.3, 0.4) is 0 Å². The molecule has 1 N–H and O–H groups in total. The highest BCUT2D eigenvalue weighted by Crippen LogP contribution is 2.31. The van der Waals surface area contributed by atoms with Crippen molar-refractivity contribution in [2.45, 2.75) is 0 Å². The van der Waals surface area contributed by atoms with Gasteiger partial charge in [0, 0.05) is 18.0 Å². The van der Waals surface area contributed by atoms with Gasteiger partial charge < -0.3 is 5.11 Å². The van der Waals surface area contributed by atoms with Gasteiger partial charge >= 0.3 is 0 Å². The van der Waals surface area contributed by atoms with Gasteiger partial charge in [0.2, 0.25) is 0 Å². The summed E-state index contributed by atoms with van der Waals surface area (Å²) in [7, 11) is 0. The van der Waals surface area contributed by atoms with E-state index in [4.69, 9.17) is 11.6 Å². The molecule has 0 unspecified atom stereocenters. The van der Waals surface area contributed by atoms with Gasteiger partial charge in [-0.05, 0) is 60.2 Å². The van der Waals surface area contributed by atoms with Crippen LogP contribution in [0.25, 0.3) is 6.08 Å². The van der Waals surface area contributed by atoms with Crippen LogP contribution in [0.15, 0.2) is 83.7 Å². The summed E-state index contributed by atoms with van der Waals surface area (Å²) in [5.74, 6) is 0.290. The number of hydrogen-bond donors (Lipinski definition) is 1. The van der Waals surface area contributed by atoms with Crippen LogP contribution in [-0.4, -0.2) is 21.8 Å². The zero-order valence-corrected chi connectivity index (χ0v) is 14.8. The largest absolute Gasteiger partial charge is 0.508 e. The number of nitrogens with zero attached hydrogens (tertiary/aromatic N) is 3. The molecule has 0 spiro atoms. The van der Waals surface area contributed by atoms with Crippen LogP contribution in [0, 0.1) is 0 Å². The number of carbonyl (C=O) groups is 1. The Hall–Kier alpha value is -3.44. The quantitative estimate of drug-likeness (QED) is 0.695. The summed E-state index contributed by atoms with van der Waals surface area (Å²) in [6.07, 6.45) is 5.02. The van der Waals surface area contributed by atoms with Crippen LogP contribution in [0.2, 0.25) is 5.02 Å². The second-order valence-electron chi connectivity index (χ2n) is 5.88. The fraction of sp³-hybridized carbons (Fsp3) is 0. The molecule has 1 aliphatic heterocycles. The normalized spacial score (nSPS) is 15.3. The van der Waals surface area contributed by atoms with Crippen LogP contribution in [0.4, 0.5) is 5.69 Å². The lowest BCUT2D eigenvalue weighted by molar-refractivity contribution is -0.113. The van der Waals surface area contributed by atoms with Crippen LogP contribution >= 0.6 is 11.6 Å². The van der Waals surface area contributed by atoms with Crippen molar-refractivity contribution in [2.75, 3.05) is 4.90 Å². The number of carbonyl (C=O) groups excluding carboxylic acids is 1. The van der Waals surface area contributed by atoms with E-state index in [0.29, 0.717) is 27.8 Å². The van der Waals surface area contributed by atoms with Gasteiger partial charge in [0.15, 0.2) is 0 Å². The molecule has 3 aromatic rings. The fourth-order valence-electron chi connectivity index (χ4n) is 2.80. The minimum Gasteiger partial charge on any atom is -0.508 e. The van der Waals surface area contributed by atoms with E-state index >= 15 is 0 Å². The zero-order chi connectivity index (χ0) is 18.8. The molecule has 0 saturated carbocycles. The van der Waals surface area contributed by atoms with Gasteiger partial charge in [-0.25, -0.2) is 4.99 Å². The van der Waals surface area contributed by atoms with E-state index in [2.05, 4.69) is 9.98 Å². The highest BCUT2D eigenvalue weighted by atomic mass is 35.5. The first-order valence-corrected chi connectivity index (χ1v) is 8.60. The smallest absolute Gasteiger partial charge is 0.282 e. The molecule has 0 fully saturated rings. The molecule has 2 aromatic carbocycles. The average Bonchev–Trinajstić information content (AvgIpc) is 3.00. The summed E-state index contributed by atoms with van der Waals surface area (Å²) in [5, 5.41) is 10.1. The maximum Gasteiger partial charge on any atom is 0.282 e. The number of phenolic OH excluding ortho intramolecular Hbond substituents is 1. The maximum absolute atomic E-state index is 13.1. The van der Waals surface area contributed by atoms with E-state index < -0.39 is 0 Å². The summed E-state index contributed by atoms with van der Waals surface area (Å²) < 4.78 is 0. The molecule has 0 bridgehead atoms. The Morgan fingerprint density at radius 1 is 0.963 bits per heavy atom. The number of aromatic nitrogens is 1. The summed E-state index contributed by atoms with van der Waals surface area (Å²) >= 11 is 6.35. The molecule has 4 rings (SSSR count). The number of rotatable bonds is 3. The number of anilines is 1. The zero-order valence-electron chi connectivity index (χ0n) is 14.1. The van der Waals surface area contributed by atoms with Crippen molar-refractivity contribution in [2.24, 2.45) is 4.99 Å². The van der Waals surface area contributed by atoms with Crippen molar-refractivity contribution in [3.8, 4) is 5.75 Å². The second kappa shape index (κ2) is 7.05. The number of amides is 1.